The van der Waals surface area contributed by atoms with E-state index in [2.05, 4.69) is 44.0 Å². The molecule has 1 unspecified atom stereocenters. The van der Waals surface area contributed by atoms with Gasteiger partial charge >= 0.3 is 0 Å². The third-order valence-electron chi connectivity index (χ3n) is 5.25. The number of aromatic nitrogens is 2. The minimum absolute atomic E-state index is 0.0200. The number of allylic oxidation sites excluding steroid dienone is 3. The zero-order chi connectivity index (χ0) is 23.4. The minimum Gasteiger partial charge on any atom is -0.384 e. The molecule has 0 bridgehead atoms. The van der Waals surface area contributed by atoms with Crippen molar-refractivity contribution in [1.82, 2.24) is 10.2 Å². The largest absolute Gasteiger partial charge is 0.384 e. The minimum atomic E-state index is -0.641. The summed E-state index contributed by atoms with van der Waals surface area (Å²) in [6.07, 6.45) is 0.975. The molecule has 168 valence electrons. The van der Waals surface area contributed by atoms with Gasteiger partial charge in [-0.25, -0.2) is 0 Å². The molecule has 11 heteroatoms. The molecule has 2 aromatic rings. The Morgan fingerprint density at radius 3 is 2.62 bits per heavy atom. The summed E-state index contributed by atoms with van der Waals surface area (Å²) in [7, 11) is 0. The third-order valence-corrected chi connectivity index (χ3v) is 9.00. The van der Waals surface area contributed by atoms with Gasteiger partial charge in [0, 0.05) is 27.8 Å². The maximum atomic E-state index is 13.5. The normalized spacial score (nSPS) is 20.8. The van der Waals surface area contributed by atoms with E-state index in [4.69, 9.17) is 28.9 Å². The first kappa shape index (κ1) is 23.6. The highest BCUT2D eigenvalue weighted by molar-refractivity contribution is 8.01. The number of hydrogen-bond donors (Lipinski definition) is 1. The van der Waals surface area contributed by atoms with Crippen LogP contribution in [0.1, 0.15) is 51.3 Å². The second-order valence-electron chi connectivity index (χ2n) is 8.76. The van der Waals surface area contributed by atoms with E-state index in [0.717, 1.165) is 10.0 Å². The summed E-state index contributed by atoms with van der Waals surface area (Å²) in [5, 5.41) is 20.1. The molecule has 4 rings (SSSR count). The monoisotopic (exact) mass is 525 g/mol. The summed E-state index contributed by atoms with van der Waals surface area (Å²) in [4.78, 5) is 15.9. The van der Waals surface area contributed by atoms with Crippen molar-refractivity contribution in [3.63, 3.8) is 0 Å². The number of thiophene rings is 1. The van der Waals surface area contributed by atoms with E-state index in [0.29, 0.717) is 43.0 Å². The number of carbonyl (C=O) groups is 1. The van der Waals surface area contributed by atoms with Crippen molar-refractivity contribution in [2.75, 3.05) is 4.90 Å². The molecule has 2 N–H and O–H groups in total. The van der Waals surface area contributed by atoms with Crippen LogP contribution in [0.15, 0.2) is 33.1 Å². The van der Waals surface area contributed by atoms with Gasteiger partial charge in [0.1, 0.15) is 5.82 Å². The van der Waals surface area contributed by atoms with Crippen LogP contribution in [0, 0.1) is 16.7 Å². The molecule has 0 amide bonds. The van der Waals surface area contributed by atoms with E-state index in [-0.39, 0.29) is 22.6 Å². The molecule has 1 aliphatic carbocycles. The molecule has 0 fully saturated rings. The number of anilines is 1. The number of nitrogens with two attached hydrogens (primary N) is 1. The summed E-state index contributed by atoms with van der Waals surface area (Å²) in [6.45, 7) is 8.27. The van der Waals surface area contributed by atoms with E-state index in [9.17, 15) is 10.1 Å². The van der Waals surface area contributed by atoms with Crippen LogP contribution >= 0.6 is 57.6 Å². The number of carbonyl (C=O) groups excluding carboxylic acids is 1. The van der Waals surface area contributed by atoms with Gasteiger partial charge in [-0.15, -0.1) is 21.5 Å². The number of rotatable bonds is 4. The molecule has 0 saturated carbocycles. The summed E-state index contributed by atoms with van der Waals surface area (Å²) >= 11 is 17.0. The van der Waals surface area contributed by atoms with E-state index in [1.54, 1.807) is 22.7 Å². The molecule has 3 heterocycles. The number of ketones is 1. The zero-order valence-corrected chi connectivity index (χ0v) is 21.9. The van der Waals surface area contributed by atoms with Crippen LogP contribution in [0.2, 0.25) is 9.36 Å². The number of Topliss-reactive ketones (excluding diaryl/α,β-unsaturated/α-hetero) is 1. The van der Waals surface area contributed by atoms with Crippen molar-refractivity contribution in [1.29, 1.82) is 5.26 Å². The van der Waals surface area contributed by atoms with Crippen molar-refractivity contribution >= 4 is 68.6 Å². The molecule has 0 spiro atoms. The van der Waals surface area contributed by atoms with Crippen LogP contribution in [0.5, 0.6) is 0 Å². The second-order valence-corrected chi connectivity index (χ2v) is 13.7. The van der Waals surface area contributed by atoms with E-state index in [1.165, 1.54) is 22.7 Å². The van der Waals surface area contributed by atoms with Crippen molar-refractivity contribution in [3.8, 4) is 6.07 Å². The van der Waals surface area contributed by atoms with Gasteiger partial charge in [-0.2, -0.15) is 5.26 Å². The molecule has 32 heavy (non-hydrogen) atoms. The van der Waals surface area contributed by atoms with E-state index in [1.807, 2.05) is 0 Å². The second kappa shape index (κ2) is 8.65. The molecule has 0 radical (unpaired) electrons. The quantitative estimate of drug-likeness (QED) is 0.464. The van der Waals surface area contributed by atoms with Gasteiger partial charge in [-0.1, -0.05) is 74.0 Å². The Balaban J connectivity index is 1.94. The van der Waals surface area contributed by atoms with E-state index >= 15 is 0 Å². The standard InChI is InChI=1S/C21H21Cl2N5OS3/c1-9(2)30-20-27-26-19(32-20)28-12-6-21(3,4)7-13(29)16(12)15(10(8-24)18(28)25)17-11(22)5-14(23)31-17/h5,9,15H,6-7,25H2,1-4H3. The number of hydrogen-bond acceptors (Lipinski definition) is 9. The third kappa shape index (κ3) is 4.19. The highest BCUT2D eigenvalue weighted by Gasteiger charge is 2.46. The number of nitriles is 1. The number of thioether (sulfide) groups is 1. The summed E-state index contributed by atoms with van der Waals surface area (Å²) in [5.41, 5.74) is 7.91. The fourth-order valence-corrected chi connectivity index (χ4v) is 7.90. The van der Waals surface area contributed by atoms with Crippen LogP contribution < -0.4 is 10.6 Å². The maximum Gasteiger partial charge on any atom is 0.219 e. The Hall–Kier alpha value is -1.57. The highest BCUT2D eigenvalue weighted by atomic mass is 35.5. The summed E-state index contributed by atoms with van der Waals surface area (Å²) < 4.78 is 1.30. The SMILES string of the molecule is CC(C)Sc1nnc(N2C(N)=C(C#N)C(c3sc(Cl)cc3Cl)C3=C2CC(C)(C)CC3=O)s1. The van der Waals surface area contributed by atoms with Crippen LogP contribution in [-0.4, -0.2) is 21.2 Å². The number of halogens is 2. The molecule has 2 aliphatic rings. The predicted molar refractivity (Wildman–Crippen MR) is 132 cm³/mol. The Kier molecular flexibility index (Phi) is 6.38. The summed E-state index contributed by atoms with van der Waals surface area (Å²) in [5.74, 6) is -0.412. The average Bonchev–Trinajstić information content (AvgIpc) is 3.24. The maximum absolute atomic E-state index is 13.5. The van der Waals surface area contributed by atoms with Gasteiger partial charge in [-0.3, -0.25) is 9.69 Å². The molecular formula is C21H21Cl2N5OS3. The molecule has 0 aromatic carbocycles. The van der Waals surface area contributed by atoms with Gasteiger partial charge in [0.2, 0.25) is 5.13 Å². The Morgan fingerprint density at radius 2 is 2.03 bits per heavy atom. The zero-order valence-electron chi connectivity index (χ0n) is 17.9. The molecule has 1 atom stereocenters. The van der Waals surface area contributed by atoms with Crippen molar-refractivity contribution in [3.05, 3.63) is 43.0 Å². The molecule has 1 aliphatic heterocycles. The van der Waals surface area contributed by atoms with Crippen molar-refractivity contribution in [2.45, 2.75) is 56.0 Å². The molecular weight excluding hydrogens is 505 g/mol. The van der Waals surface area contributed by atoms with Crippen molar-refractivity contribution in [2.24, 2.45) is 11.1 Å². The van der Waals surface area contributed by atoms with Crippen LogP contribution in [0.25, 0.3) is 0 Å². The highest BCUT2D eigenvalue weighted by Crippen LogP contribution is 2.53. The fraction of sp³-hybridized carbons (Fsp3) is 0.429. The first-order chi connectivity index (χ1) is 15.0. The molecule has 2 aromatic heterocycles. The van der Waals surface area contributed by atoms with Crippen LogP contribution in [0.3, 0.4) is 0 Å². The Labute approximate surface area is 209 Å². The van der Waals surface area contributed by atoms with Gasteiger partial charge in [0.25, 0.3) is 0 Å². The van der Waals surface area contributed by atoms with Gasteiger partial charge < -0.3 is 5.73 Å². The van der Waals surface area contributed by atoms with Gasteiger partial charge in [0.05, 0.1) is 26.9 Å². The van der Waals surface area contributed by atoms with Gasteiger partial charge in [0.15, 0.2) is 10.1 Å². The van der Waals surface area contributed by atoms with Gasteiger partial charge in [-0.05, 0) is 17.9 Å². The Bertz CT molecular complexity index is 1200. The topological polar surface area (TPSA) is 95.9 Å². The summed E-state index contributed by atoms with van der Waals surface area (Å²) in [6, 6.07) is 3.87. The predicted octanol–water partition coefficient (Wildman–Crippen LogP) is 6.35. The van der Waals surface area contributed by atoms with Crippen molar-refractivity contribution < 1.29 is 4.79 Å². The Morgan fingerprint density at radius 1 is 1.31 bits per heavy atom. The lowest BCUT2D eigenvalue weighted by Gasteiger charge is -2.42. The lowest BCUT2D eigenvalue weighted by Crippen LogP contribution is -2.42. The van der Waals surface area contributed by atoms with Crippen LogP contribution in [0.4, 0.5) is 5.13 Å². The lowest BCUT2D eigenvalue weighted by atomic mass is 9.70. The molecule has 6 nitrogen and oxygen atoms in total. The van der Waals surface area contributed by atoms with Crippen LogP contribution in [-0.2, 0) is 4.79 Å². The average molecular weight is 527 g/mol. The molecule has 0 saturated heterocycles. The fourth-order valence-electron chi connectivity index (χ4n) is 4.08. The lowest BCUT2D eigenvalue weighted by molar-refractivity contribution is -0.118. The first-order valence-corrected chi connectivity index (χ1v) is 13.2. The smallest absolute Gasteiger partial charge is 0.219 e. The van der Waals surface area contributed by atoms with E-state index < -0.39 is 5.92 Å². The first-order valence-electron chi connectivity index (χ1n) is 9.93. The number of nitrogens with zero attached hydrogens (tertiary/aromatic N) is 4.